The first-order valence-electron chi connectivity index (χ1n) is 10.2. The third kappa shape index (κ3) is 5.30. The van der Waals surface area contributed by atoms with Crippen molar-refractivity contribution in [3.05, 3.63) is 53.7 Å². The van der Waals surface area contributed by atoms with Crippen molar-refractivity contribution in [2.24, 2.45) is 0 Å². The zero-order valence-corrected chi connectivity index (χ0v) is 18.0. The number of ether oxygens (including phenoxy) is 2. The lowest BCUT2D eigenvalue weighted by molar-refractivity contribution is -0.142. The number of nitrogens with zero attached hydrogens (tertiary/aromatic N) is 4. The van der Waals surface area contributed by atoms with Crippen molar-refractivity contribution in [1.82, 2.24) is 19.7 Å². The van der Waals surface area contributed by atoms with Gasteiger partial charge in [-0.2, -0.15) is 18.3 Å². The standard InChI is InChI=1S/C22H22F3N5O3/c1-13-5-18(15-6-17(32-2)9-26-7-15)29-20(14-3-4-33-11-14)19(13)21(31)28-16-8-27-30(10-16)12-22(23,24)25/h5-10,14H,3-4,11-12H2,1-2H3,(H,28,31)/t14-/m1/s1. The third-order valence-electron chi connectivity index (χ3n) is 5.27. The molecule has 1 aliphatic heterocycles. The number of amides is 1. The van der Waals surface area contributed by atoms with E-state index in [1.165, 1.54) is 6.20 Å². The number of rotatable bonds is 6. The van der Waals surface area contributed by atoms with Gasteiger partial charge in [0.05, 0.1) is 48.7 Å². The summed E-state index contributed by atoms with van der Waals surface area (Å²) in [5, 5.41) is 6.31. The summed E-state index contributed by atoms with van der Waals surface area (Å²) >= 11 is 0. The van der Waals surface area contributed by atoms with Crippen molar-refractivity contribution in [1.29, 1.82) is 0 Å². The smallest absolute Gasteiger partial charge is 0.408 e. The van der Waals surface area contributed by atoms with Gasteiger partial charge in [0.15, 0.2) is 0 Å². The van der Waals surface area contributed by atoms with Crippen LogP contribution in [0.15, 0.2) is 36.9 Å². The summed E-state index contributed by atoms with van der Waals surface area (Å²) in [6.45, 7) is 1.54. The molecule has 0 radical (unpaired) electrons. The van der Waals surface area contributed by atoms with Gasteiger partial charge >= 0.3 is 6.18 Å². The first-order valence-corrected chi connectivity index (χ1v) is 10.2. The maximum atomic E-state index is 13.2. The van der Waals surface area contributed by atoms with Crippen LogP contribution in [-0.4, -0.2) is 52.2 Å². The number of carbonyl (C=O) groups is 1. The van der Waals surface area contributed by atoms with E-state index in [4.69, 9.17) is 14.5 Å². The molecule has 174 valence electrons. The van der Waals surface area contributed by atoms with E-state index >= 15 is 0 Å². The van der Waals surface area contributed by atoms with Crippen molar-refractivity contribution in [2.45, 2.75) is 32.0 Å². The molecule has 0 aromatic carbocycles. The number of carbonyl (C=O) groups excluding carboxylic acids is 1. The number of aryl methyl sites for hydroxylation is 1. The van der Waals surface area contributed by atoms with E-state index in [0.29, 0.717) is 47.9 Å². The van der Waals surface area contributed by atoms with Gasteiger partial charge < -0.3 is 14.8 Å². The largest absolute Gasteiger partial charge is 0.495 e. The number of aromatic nitrogens is 4. The molecule has 4 heterocycles. The Morgan fingerprint density at radius 3 is 2.82 bits per heavy atom. The highest BCUT2D eigenvalue weighted by molar-refractivity contribution is 6.06. The number of alkyl halides is 3. The maximum Gasteiger partial charge on any atom is 0.408 e. The summed E-state index contributed by atoms with van der Waals surface area (Å²) in [5.74, 6) is 0.0232. The second kappa shape index (κ2) is 9.18. The summed E-state index contributed by atoms with van der Waals surface area (Å²) in [5.41, 5.74) is 3.15. The summed E-state index contributed by atoms with van der Waals surface area (Å²) in [4.78, 5) is 22.1. The van der Waals surface area contributed by atoms with Crippen LogP contribution in [0.3, 0.4) is 0 Å². The predicted octanol–water partition coefficient (Wildman–Crippen LogP) is 3.98. The SMILES string of the molecule is COc1cncc(-c2cc(C)c(C(=O)Nc3cnn(CC(F)(F)F)c3)c([C@@H]3CCOC3)n2)c1. The number of hydrogen-bond donors (Lipinski definition) is 1. The molecule has 33 heavy (non-hydrogen) atoms. The Morgan fingerprint density at radius 2 is 2.12 bits per heavy atom. The molecule has 3 aromatic heterocycles. The molecule has 0 bridgehead atoms. The molecule has 1 N–H and O–H groups in total. The Hall–Kier alpha value is -3.47. The van der Waals surface area contributed by atoms with Gasteiger partial charge in [-0.05, 0) is 31.0 Å². The fourth-order valence-electron chi connectivity index (χ4n) is 3.75. The Morgan fingerprint density at radius 1 is 1.30 bits per heavy atom. The molecule has 1 fully saturated rings. The van der Waals surface area contributed by atoms with E-state index in [-0.39, 0.29) is 11.6 Å². The molecule has 1 atom stereocenters. The van der Waals surface area contributed by atoms with Gasteiger partial charge in [-0.1, -0.05) is 0 Å². The van der Waals surface area contributed by atoms with Crippen LogP contribution in [0.2, 0.25) is 0 Å². The Kier molecular flexibility index (Phi) is 6.32. The highest BCUT2D eigenvalue weighted by Crippen LogP contribution is 2.32. The van der Waals surface area contributed by atoms with Gasteiger partial charge in [0.25, 0.3) is 5.91 Å². The summed E-state index contributed by atoms with van der Waals surface area (Å²) in [6.07, 6.45) is 1.87. The maximum absolute atomic E-state index is 13.2. The molecule has 11 heteroatoms. The van der Waals surface area contributed by atoms with Gasteiger partial charge in [-0.25, -0.2) is 0 Å². The average molecular weight is 461 g/mol. The average Bonchev–Trinajstić information content (AvgIpc) is 3.44. The number of pyridine rings is 2. The lowest BCUT2D eigenvalue weighted by Gasteiger charge is -2.17. The van der Waals surface area contributed by atoms with E-state index in [0.717, 1.165) is 16.4 Å². The number of anilines is 1. The highest BCUT2D eigenvalue weighted by atomic mass is 19.4. The van der Waals surface area contributed by atoms with Gasteiger partial charge in [-0.15, -0.1) is 0 Å². The number of hydrogen-bond acceptors (Lipinski definition) is 6. The molecule has 1 saturated heterocycles. The second-order valence-corrected chi connectivity index (χ2v) is 7.75. The molecule has 0 spiro atoms. The van der Waals surface area contributed by atoms with E-state index in [2.05, 4.69) is 15.4 Å². The minimum absolute atomic E-state index is 0.0871. The molecule has 0 aliphatic carbocycles. The van der Waals surface area contributed by atoms with Crippen molar-refractivity contribution in [2.75, 3.05) is 25.6 Å². The molecular weight excluding hydrogens is 439 g/mol. The number of methoxy groups -OCH3 is 1. The van der Waals surface area contributed by atoms with Gasteiger partial charge in [0, 0.05) is 30.5 Å². The molecule has 3 aromatic rings. The molecule has 4 rings (SSSR count). The van der Waals surface area contributed by atoms with Gasteiger partial charge in [0.2, 0.25) is 0 Å². The third-order valence-corrected chi connectivity index (χ3v) is 5.27. The normalized spacial score (nSPS) is 16.1. The van der Waals surface area contributed by atoms with Gasteiger partial charge in [0.1, 0.15) is 12.3 Å². The minimum atomic E-state index is -4.41. The lowest BCUT2D eigenvalue weighted by atomic mass is 9.94. The van der Waals surface area contributed by atoms with E-state index in [1.54, 1.807) is 38.6 Å². The Balaban J connectivity index is 1.67. The zero-order valence-electron chi connectivity index (χ0n) is 18.0. The van der Waals surface area contributed by atoms with Crippen LogP contribution in [0.4, 0.5) is 18.9 Å². The second-order valence-electron chi connectivity index (χ2n) is 7.75. The Bertz CT molecular complexity index is 1160. The van der Waals surface area contributed by atoms with Crippen LogP contribution in [0.1, 0.15) is 34.0 Å². The zero-order chi connectivity index (χ0) is 23.6. The summed E-state index contributed by atoms with van der Waals surface area (Å²) in [6, 6.07) is 3.58. The molecule has 0 saturated carbocycles. The van der Waals surface area contributed by atoms with Gasteiger partial charge in [-0.3, -0.25) is 19.4 Å². The summed E-state index contributed by atoms with van der Waals surface area (Å²) in [7, 11) is 1.55. The van der Waals surface area contributed by atoms with Crippen LogP contribution in [0, 0.1) is 6.92 Å². The van der Waals surface area contributed by atoms with E-state index in [1.807, 2.05) is 0 Å². The molecule has 8 nitrogen and oxygen atoms in total. The first kappa shape index (κ1) is 22.7. The van der Waals surface area contributed by atoms with Crippen LogP contribution >= 0.6 is 0 Å². The quantitative estimate of drug-likeness (QED) is 0.597. The van der Waals surface area contributed by atoms with Crippen molar-refractivity contribution < 1.29 is 27.4 Å². The highest BCUT2D eigenvalue weighted by Gasteiger charge is 2.29. The van der Waals surface area contributed by atoms with Crippen LogP contribution in [0.25, 0.3) is 11.3 Å². The Labute approximate surface area is 187 Å². The topological polar surface area (TPSA) is 91.2 Å². The molecular formula is C22H22F3N5O3. The van der Waals surface area contributed by atoms with E-state index in [9.17, 15) is 18.0 Å². The number of nitrogens with one attached hydrogen (secondary N) is 1. The van der Waals surface area contributed by atoms with Crippen molar-refractivity contribution in [3.63, 3.8) is 0 Å². The predicted molar refractivity (Wildman–Crippen MR) is 113 cm³/mol. The molecule has 1 aliphatic rings. The summed E-state index contributed by atoms with van der Waals surface area (Å²) < 4.78 is 49.3. The van der Waals surface area contributed by atoms with Crippen LogP contribution in [0.5, 0.6) is 5.75 Å². The fourth-order valence-corrected chi connectivity index (χ4v) is 3.75. The van der Waals surface area contributed by atoms with Crippen LogP contribution in [-0.2, 0) is 11.3 Å². The van der Waals surface area contributed by atoms with Crippen molar-refractivity contribution >= 4 is 11.6 Å². The fraction of sp³-hybridized carbons (Fsp3) is 0.364. The van der Waals surface area contributed by atoms with Crippen molar-refractivity contribution in [3.8, 4) is 17.0 Å². The lowest BCUT2D eigenvalue weighted by Crippen LogP contribution is -2.20. The van der Waals surface area contributed by atoms with E-state index < -0.39 is 18.6 Å². The number of halogens is 3. The molecule has 0 unspecified atom stereocenters. The van der Waals surface area contributed by atoms with Crippen LogP contribution < -0.4 is 10.1 Å². The first-order chi connectivity index (χ1) is 15.7. The monoisotopic (exact) mass is 461 g/mol. The molecule has 1 amide bonds. The minimum Gasteiger partial charge on any atom is -0.495 e.